The third-order valence-electron chi connectivity index (χ3n) is 2.22. The lowest BCUT2D eigenvalue weighted by Gasteiger charge is -2.00. The van der Waals surface area contributed by atoms with E-state index in [1.54, 1.807) is 10.8 Å². The Balaban J connectivity index is 0.00000162. The summed E-state index contributed by atoms with van der Waals surface area (Å²) >= 11 is 0. The Morgan fingerprint density at radius 2 is 2.44 bits per heavy atom. The van der Waals surface area contributed by atoms with Gasteiger partial charge in [-0.3, -0.25) is 0 Å². The number of halogens is 1. The second kappa shape index (κ2) is 6.90. The van der Waals surface area contributed by atoms with Crippen molar-refractivity contribution < 1.29 is 31.1 Å². The SMILES string of the molecule is C[n+]1ccn(CC(=O)OCCc2cn[nH]n2)c1.[Br-]. The standard InChI is InChI=1S/C10H14N5O2.BrH/c1-14-3-4-15(8-14)7-10(16)17-5-2-9-6-11-13-12-9;/h3-4,6,8H,2,5,7H2,1H3,(H,11,12,13);1H/q+1;/p-1. The van der Waals surface area contributed by atoms with Crippen molar-refractivity contribution in [3.05, 3.63) is 30.6 Å². The Hall–Kier alpha value is -1.70. The van der Waals surface area contributed by atoms with Crippen LogP contribution in [-0.2, 0) is 29.5 Å². The second-order valence-electron chi connectivity index (χ2n) is 3.68. The van der Waals surface area contributed by atoms with E-state index in [1.807, 2.05) is 30.3 Å². The van der Waals surface area contributed by atoms with Crippen molar-refractivity contribution in [2.45, 2.75) is 13.0 Å². The van der Waals surface area contributed by atoms with Gasteiger partial charge in [-0.05, 0) is 0 Å². The minimum atomic E-state index is -0.260. The highest BCUT2D eigenvalue weighted by molar-refractivity contribution is 5.69. The highest BCUT2D eigenvalue weighted by Gasteiger charge is 2.09. The Bertz CT molecular complexity index is 482. The van der Waals surface area contributed by atoms with Gasteiger partial charge in [-0.2, -0.15) is 15.4 Å². The fraction of sp³-hybridized carbons (Fsp3) is 0.400. The molecule has 0 aliphatic heterocycles. The maximum atomic E-state index is 11.5. The van der Waals surface area contributed by atoms with Gasteiger partial charge in [0.2, 0.25) is 6.33 Å². The first-order valence-corrected chi connectivity index (χ1v) is 5.25. The first kappa shape index (κ1) is 14.4. The number of esters is 1. The molecule has 0 saturated heterocycles. The quantitative estimate of drug-likeness (QED) is 0.454. The summed E-state index contributed by atoms with van der Waals surface area (Å²) in [6.07, 6.45) is 7.68. The number of nitrogens with zero attached hydrogens (tertiary/aromatic N) is 4. The highest BCUT2D eigenvalue weighted by Crippen LogP contribution is 1.93. The molecule has 18 heavy (non-hydrogen) atoms. The summed E-state index contributed by atoms with van der Waals surface area (Å²) in [6, 6.07) is 0. The van der Waals surface area contributed by atoms with Crippen LogP contribution in [-0.4, -0.2) is 32.6 Å². The van der Waals surface area contributed by atoms with Crippen molar-refractivity contribution in [2.75, 3.05) is 6.61 Å². The zero-order valence-electron chi connectivity index (χ0n) is 9.91. The molecular weight excluding hydrogens is 302 g/mol. The van der Waals surface area contributed by atoms with Crippen molar-refractivity contribution in [3.8, 4) is 0 Å². The van der Waals surface area contributed by atoms with E-state index in [-0.39, 0.29) is 29.5 Å². The number of rotatable bonds is 5. The Morgan fingerprint density at radius 1 is 1.61 bits per heavy atom. The van der Waals surface area contributed by atoms with E-state index in [0.717, 1.165) is 5.69 Å². The zero-order valence-corrected chi connectivity index (χ0v) is 11.5. The lowest BCUT2D eigenvalue weighted by molar-refractivity contribution is -0.671. The van der Waals surface area contributed by atoms with Crippen LogP contribution in [0.1, 0.15) is 5.69 Å². The van der Waals surface area contributed by atoms with Gasteiger partial charge in [0.05, 0.1) is 25.5 Å². The van der Waals surface area contributed by atoms with E-state index in [2.05, 4.69) is 15.4 Å². The molecule has 0 aliphatic rings. The van der Waals surface area contributed by atoms with E-state index in [4.69, 9.17) is 4.74 Å². The van der Waals surface area contributed by atoms with Gasteiger partial charge in [0.25, 0.3) is 0 Å². The molecule has 0 amide bonds. The molecule has 0 aromatic carbocycles. The van der Waals surface area contributed by atoms with E-state index in [0.29, 0.717) is 13.0 Å². The maximum absolute atomic E-state index is 11.5. The molecule has 0 atom stereocenters. The molecule has 0 unspecified atom stereocenters. The third kappa shape index (κ3) is 4.28. The van der Waals surface area contributed by atoms with Crippen LogP contribution in [0.5, 0.6) is 0 Å². The molecule has 0 spiro atoms. The van der Waals surface area contributed by atoms with Crippen molar-refractivity contribution in [2.24, 2.45) is 7.05 Å². The minimum Gasteiger partial charge on any atom is -1.00 e. The number of carbonyl (C=O) groups is 1. The second-order valence-corrected chi connectivity index (χ2v) is 3.68. The molecule has 2 aromatic heterocycles. The molecule has 0 fully saturated rings. The van der Waals surface area contributed by atoms with E-state index in [9.17, 15) is 4.79 Å². The average Bonchev–Trinajstić information content (AvgIpc) is 2.90. The van der Waals surface area contributed by atoms with Crippen LogP contribution in [0.3, 0.4) is 0 Å². The number of carbonyl (C=O) groups excluding carboxylic acids is 1. The van der Waals surface area contributed by atoms with E-state index in [1.165, 1.54) is 0 Å². The van der Waals surface area contributed by atoms with Crippen molar-refractivity contribution >= 4 is 5.97 Å². The van der Waals surface area contributed by atoms with Crippen LogP contribution >= 0.6 is 0 Å². The lowest BCUT2D eigenvalue weighted by Crippen LogP contribution is -3.00. The summed E-state index contributed by atoms with van der Waals surface area (Å²) in [4.78, 5) is 11.5. The van der Waals surface area contributed by atoms with Crippen LogP contribution in [0.25, 0.3) is 0 Å². The van der Waals surface area contributed by atoms with Gasteiger partial charge < -0.3 is 21.7 Å². The van der Waals surface area contributed by atoms with Crippen LogP contribution in [0.2, 0.25) is 0 Å². The Morgan fingerprint density at radius 3 is 3.06 bits per heavy atom. The fourth-order valence-electron chi connectivity index (χ4n) is 1.41. The van der Waals surface area contributed by atoms with E-state index >= 15 is 0 Å². The third-order valence-corrected chi connectivity index (χ3v) is 2.22. The molecule has 0 radical (unpaired) electrons. The predicted octanol–water partition coefficient (Wildman–Crippen LogP) is -3.78. The van der Waals surface area contributed by atoms with Gasteiger partial charge in [-0.1, -0.05) is 0 Å². The smallest absolute Gasteiger partial charge is 0.348 e. The number of aromatic amines is 1. The van der Waals surface area contributed by atoms with Gasteiger partial charge in [0.1, 0.15) is 12.4 Å². The number of aromatic nitrogens is 5. The molecule has 98 valence electrons. The van der Waals surface area contributed by atoms with Gasteiger partial charge in [-0.25, -0.2) is 13.9 Å². The normalized spacial score (nSPS) is 9.83. The molecule has 8 heteroatoms. The van der Waals surface area contributed by atoms with Crippen LogP contribution in [0.15, 0.2) is 24.9 Å². The van der Waals surface area contributed by atoms with Crippen LogP contribution < -0.4 is 21.5 Å². The topological polar surface area (TPSA) is 76.7 Å². The number of ether oxygens (including phenoxy) is 1. The minimum absolute atomic E-state index is 0. The Kier molecular flexibility index (Phi) is 5.50. The summed E-state index contributed by atoms with van der Waals surface area (Å²) in [5, 5.41) is 10.0. The largest absolute Gasteiger partial charge is 1.00 e. The maximum Gasteiger partial charge on any atom is 0.348 e. The molecule has 0 bridgehead atoms. The zero-order chi connectivity index (χ0) is 12.1. The number of nitrogens with one attached hydrogen (secondary N) is 1. The lowest BCUT2D eigenvalue weighted by atomic mass is 10.3. The molecule has 2 aromatic rings. The summed E-state index contributed by atoms with van der Waals surface area (Å²) in [7, 11) is 1.90. The summed E-state index contributed by atoms with van der Waals surface area (Å²) in [5.74, 6) is -0.260. The number of hydrogen-bond donors (Lipinski definition) is 1. The molecule has 0 aliphatic carbocycles. The number of hydrogen-bond acceptors (Lipinski definition) is 4. The molecule has 7 nitrogen and oxygen atoms in total. The first-order chi connectivity index (χ1) is 8.24. The summed E-state index contributed by atoms with van der Waals surface area (Å²) in [6.45, 7) is 0.540. The van der Waals surface area contributed by atoms with E-state index < -0.39 is 0 Å². The van der Waals surface area contributed by atoms with Gasteiger partial charge >= 0.3 is 5.97 Å². The van der Waals surface area contributed by atoms with Crippen LogP contribution in [0, 0.1) is 0 Å². The number of aryl methyl sites for hydroxylation is 1. The summed E-state index contributed by atoms with van der Waals surface area (Å²) < 4.78 is 8.70. The highest BCUT2D eigenvalue weighted by atomic mass is 79.9. The van der Waals surface area contributed by atoms with Crippen molar-refractivity contribution in [3.63, 3.8) is 0 Å². The molecule has 1 N–H and O–H groups in total. The monoisotopic (exact) mass is 315 g/mol. The van der Waals surface area contributed by atoms with Gasteiger partial charge in [0.15, 0.2) is 6.54 Å². The summed E-state index contributed by atoms with van der Waals surface area (Å²) in [5.41, 5.74) is 0.783. The molecular formula is C10H14BrN5O2. The van der Waals surface area contributed by atoms with Crippen molar-refractivity contribution in [1.82, 2.24) is 20.0 Å². The fourth-order valence-corrected chi connectivity index (χ4v) is 1.41. The van der Waals surface area contributed by atoms with Crippen LogP contribution in [0.4, 0.5) is 0 Å². The van der Waals surface area contributed by atoms with Gasteiger partial charge in [0, 0.05) is 6.42 Å². The van der Waals surface area contributed by atoms with Crippen molar-refractivity contribution in [1.29, 1.82) is 0 Å². The number of H-pyrrole nitrogens is 1. The average molecular weight is 316 g/mol. The number of imidazole rings is 1. The molecule has 2 rings (SSSR count). The molecule has 2 heterocycles. The predicted molar refractivity (Wildman–Crippen MR) is 56.7 cm³/mol. The van der Waals surface area contributed by atoms with Gasteiger partial charge in [-0.15, -0.1) is 0 Å². The Labute approximate surface area is 115 Å². The molecule has 0 saturated carbocycles. The first-order valence-electron chi connectivity index (χ1n) is 5.25.